The van der Waals surface area contributed by atoms with E-state index in [0.29, 0.717) is 33.8 Å². The lowest BCUT2D eigenvalue weighted by Crippen LogP contribution is -2.26. The number of carbonyl (C=O) groups excluding carboxylic acids is 1. The summed E-state index contributed by atoms with van der Waals surface area (Å²) < 4.78 is 48.5. The fourth-order valence-corrected chi connectivity index (χ4v) is 3.35. The second kappa shape index (κ2) is 9.10. The van der Waals surface area contributed by atoms with Gasteiger partial charge >= 0.3 is 6.18 Å². The molecule has 0 spiro atoms. The Morgan fingerprint density at radius 2 is 1.97 bits per heavy atom. The minimum absolute atomic E-state index is 0.0908. The molecule has 3 heterocycles. The molecule has 172 valence electrons. The predicted molar refractivity (Wildman–Crippen MR) is 114 cm³/mol. The molecule has 0 fully saturated rings. The van der Waals surface area contributed by atoms with Crippen LogP contribution in [0.1, 0.15) is 22.6 Å². The number of nitrogens with one attached hydrogen (secondary N) is 1. The normalized spacial score (nSPS) is 11.7. The van der Waals surface area contributed by atoms with Gasteiger partial charge in [0.1, 0.15) is 5.75 Å². The molecule has 0 aliphatic carbocycles. The first-order chi connectivity index (χ1) is 15.7. The van der Waals surface area contributed by atoms with Gasteiger partial charge < -0.3 is 10.1 Å². The zero-order valence-corrected chi connectivity index (χ0v) is 18.1. The van der Waals surface area contributed by atoms with Crippen molar-refractivity contribution >= 4 is 23.2 Å². The number of benzene rings is 1. The molecule has 0 saturated heterocycles. The van der Waals surface area contributed by atoms with Crippen molar-refractivity contribution in [2.24, 2.45) is 0 Å². The van der Waals surface area contributed by atoms with Crippen LogP contribution in [-0.2, 0) is 12.7 Å². The van der Waals surface area contributed by atoms with Gasteiger partial charge in [-0.2, -0.15) is 23.4 Å². The molecule has 12 heteroatoms. The Morgan fingerprint density at radius 1 is 1.21 bits per heavy atom. The van der Waals surface area contributed by atoms with Crippen LogP contribution in [0, 0.1) is 0 Å². The molecular formula is C21H18ClF3N6O2. The maximum Gasteiger partial charge on any atom is 0.433 e. The van der Waals surface area contributed by atoms with Crippen LogP contribution in [-0.4, -0.2) is 43.9 Å². The second-order valence-corrected chi connectivity index (χ2v) is 7.52. The SMILES string of the molecule is COc1ccc(-c2cc(C(F)(F)F)n3nc(C(=O)NCCCn4cc(Cl)cn4)cc3n2)cc1. The number of amides is 1. The Hall–Kier alpha value is -3.60. The minimum Gasteiger partial charge on any atom is -0.497 e. The highest BCUT2D eigenvalue weighted by Crippen LogP contribution is 2.32. The molecule has 0 aliphatic rings. The number of aromatic nitrogens is 5. The van der Waals surface area contributed by atoms with Crippen molar-refractivity contribution in [2.45, 2.75) is 19.1 Å². The summed E-state index contributed by atoms with van der Waals surface area (Å²) in [6.45, 7) is 0.796. The van der Waals surface area contributed by atoms with Crippen molar-refractivity contribution in [1.82, 2.24) is 29.7 Å². The zero-order chi connectivity index (χ0) is 23.6. The standard InChI is InChI=1S/C21H18ClF3N6O2/c1-33-15-5-3-13(4-6-15)16-9-18(21(23,24)25)31-19(28-16)10-17(29-31)20(32)26-7-2-8-30-12-14(22)11-27-30/h3-6,9-12H,2,7-8H2,1H3,(H,26,32). The third kappa shape index (κ3) is 5.08. The van der Waals surface area contributed by atoms with Crippen molar-refractivity contribution in [2.75, 3.05) is 13.7 Å². The molecule has 4 aromatic rings. The molecule has 0 unspecified atom stereocenters. The highest BCUT2D eigenvalue weighted by atomic mass is 35.5. The fraction of sp³-hybridized carbons (Fsp3) is 0.238. The summed E-state index contributed by atoms with van der Waals surface area (Å²) >= 11 is 5.80. The first kappa shape index (κ1) is 22.6. The second-order valence-electron chi connectivity index (χ2n) is 7.08. The van der Waals surface area contributed by atoms with E-state index in [1.54, 1.807) is 35.1 Å². The van der Waals surface area contributed by atoms with E-state index in [4.69, 9.17) is 16.3 Å². The molecule has 0 saturated carbocycles. The Balaban J connectivity index is 1.56. The quantitative estimate of drug-likeness (QED) is 0.404. The van der Waals surface area contributed by atoms with E-state index in [1.807, 2.05) is 0 Å². The van der Waals surface area contributed by atoms with Crippen molar-refractivity contribution < 1.29 is 22.7 Å². The van der Waals surface area contributed by atoms with Gasteiger partial charge in [0.15, 0.2) is 17.0 Å². The van der Waals surface area contributed by atoms with Gasteiger partial charge in [-0.15, -0.1) is 0 Å². The maximum atomic E-state index is 13.7. The number of rotatable bonds is 7. The summed E-state index contributed by atoms with van der Waals surface area (Å²) in [5, 5.41) is 11.0. The average molecular weight is 479 g/mol. The van der Waals surface area contributed by atoms with E-state index in [0.717, 1.165) is 6.07 Å². The number of halogens is 4. The number of ether oxygens (including phenoxy) is 1. The third-order valence-electron chi connectivity index (χ3n) is 4.79. The monoisotopic (exact) mass is 478 g/mol. The van der Waals surface area contributed by atoms with Crippen LogP contribution < -0.4 is 10.1 Å². The van der Waals surface area contributed by atoms with Crippen molar-refractivity contribution in [1.29, 1.82) is 0 Å². The van der Waals surface area contributed by atoms with E-state index in [-0.39, 0.29) is 23.6 Å². The van der Waals surface area contributed by atoms with E-state index in [2.05, 4.69) is 20.5 Å². The van der Waals surface area contributed by atoms with Crippen LogP contribution in [0.15, 0.2) is 48.8 Å². The predicted octanol–water partition coefficient (Wildman–Crippen LogP) is 4.09. The minimum atomic E-state index is -4.70. The van der Waals surface area contributed by atoms with Crippen LogP contribution in [0.3, 0.4) is 0 Å². The number of fused-ring (bicyclic) bond motifs is 1. The lowest BCUT2D eigenvalue weighted by atomic mass is 10.1. The molecule has 33 heavy (non-hydrogen) atoms. The summed E-state index contributed by atoms with van der Waals surface area (Å²) in [6, 6.07) is 8.59. The number of hydrogen-bond donors (Lipinski definition) is 1. The van der Waals surface area contributed by atoms with Crippen LogP contribution in [0.5, 0.6) is 5.75 Å². The number of carbonyl (C=O) groups is 1. The van der Waals surface area contributed by atoms with Crippen LogP contribution in [0.25, 0.3) is 16.9 Å². The molecule has 1 N–H and O–H groups in total. The smallest absolute Gasteiger partial charge is 0.433 e. The summed E-state index contributed by atoms with van der Waals surface area (Å²) in [5.74, 6) is -0.0343. The summed E-state index contributed by atoms with van der Waals surface area (Å²) in [6.07, 6.45) is -1.00. The Labute approximate surface area is 190 Å². The number of hydrogen-bond acceptors (Lipinski definition) is 5. The summed E-state index contributed by atoms with van der Waals surface area (Å²) in [7, 11) is 1.49. The van der Waals surface area contributed by atoms with Gasteiger partial charge in [-0.1, -0.05) is 11.6 Å². The Morgan fingerprint density at radius 3 is 2.61 bits per heavy atom. The van der Waals surface area contributed by atoms with Crippen LogP contribution >= 0.6 is 11.6 Å². The van der Waals surface area contributed by atoms with Crippen LogP contribution in [0.2, 0.25) is 5.02 Å². The van der Waals surface area contributed by atoms with E-state index < -0.39 is 17.8 Å². The fourth-order valence-electron chi connectivity index (χ4n) is 3.19. The molecule has 0 bridgehead atoms. The first-order valence-electron chi connectivity index (χ1n) is 9.83. The van der Waals surface area contributed by atoms with E-state index in [9.17, 15) is 18.0 Å². The van der Waals surface area contributed by atoms with E-state index >= 15 is 0 Å². The number of alkyl halides is 3. The molecule has 1 amide bonds. The van der Waals surface area contributed by atoms with E-state index in [1.165, 1.54) is 19.4 Å². The van der Waals surface area contributed by atoms with Crippen LogP contribution in [0.4, 0.5) is 13.2 Å². The number of nitrogens with zero attached hydrogens (tertiary/aromatic N) is 5. The molecule has 0 atom stereocenters. The molecule has 4 rings (SSSR count). The summed E-state index contributed by atoms with van der Waals surface area (Å²) in [5.41, 5.74) is -0.723. The van der Waals surface area contributed by atoms with Gasteiger partial charge in [0, 0.05) is 30.9 Å². The van der Waals surface area contributed by atoms with Gasteiger partial charge in [-0.3, -0.25) is 9.48 Å². The Kier molecular flexibility index (Phi) is 6.23. The van der Waals surface area contributed by atoms with Crippen molar-refractivity contribution in [3.63, 3.8) is 0 Å². The van der Waals surface area contributed by atoms with Gasteiger partial charge in [0.25, 0.3) is 5.91 Å². The lowest BCUT2D eigenvalue weighted by molar-refractivity contribution is -0.142. The van der Waals surface area contributed by atoms with Gasteiger partial charge in [0.05, 0.1) is 24.0 Å². The largest absolute Gasteiger partial charge is 0.497 e. The maximum absolute atomic E-state index is 13.7. The Bertz CT molecular complexity index is 1280. The molecule has 3 aromatic heterocycles. The average Bonchev–Trinajstić information content (AvgIpc) is 3.41. The molecule has 8 nitrogen and oxygen atoms in total. The number of aryl methyl sites for hydroxylation is 1. The highest BCUT2D eigenvalue weighted by molar-refractivity contribution is 6.30. The third-order valence-corrected chi connectivity index (χ3v) is 4.98. The zero-order valence-electron chi connectivity index (χ0n) is 17.3. The van der Waals surface area contributed by atoms with Gasteiger partial charge in [-0.25, -0.2) is 9.50 Å². The molecule has 0 aliphatic heterocycles. The molecule has 1 aromatic carbocycles. The molecular weight excluding hydrogens is 461 g/mol. The van der Waals surface area contributed by atoms with Gasteiger partial charge in [-0.05, 0) is 36.8 Å². The highest BCUT2D eigenvalue weighted by Gasteiger charge is 2.35. The number of methoxy groups -OCH3 is 1. The van der Waals surface area contributed by atoms with Crippen molar-refractivity contribution in [3.05, 3.63) is 65.2 Å². The summed E-state index contributed by atoms with van der Waals surface area (Å²) in [4.78, 5) is 16.7. The molecule has 0 radical (unpaired) electrons. The first-order valence-corrected chi connectivity index (χ1v) is 10.2. The van der Waals surface area contributed by atoms with Crippen molar-refractivity contribution in [3.8, 4) is 17.0 Å². The lowest BCUT2D eigenvalue weighted by Gasteiger charge is -2.11. The topological polar surface area (TPSA) is 86.3 Å². The van der Waals surface area contributed by atoms with Gasteiger partial charge in [0.2, 0.25) is 0 Å².